The quantitative estimate of drug-likeness (QED) is 0.728. The highest BCUT2D eigenvalue weighted by Crippen LogP contribution is 2.69. The second-order valence-corrected chi connectivity index (χ2v) is 9.51. The lowest BCUT2D eigenvalue weighted by atomic mass is 9.39. The SMILES string of the molecule is C=C[C@@]1(C)C=C2CC[C@H]3[C@](C)(C(=O)O)C[C@@H](O)C[C@]3(C)[C@@]2(C)CC1. The van der Waals surface area contributed by atoms with Crippen LogP contribution in [-0.2, 0) is 4.79 Å². The lowest BCUT2D eigenvalue weighted by Crippen LogP contribution is -2.61. The minimum Gasteiger partial charge on any atom is -0.481 e. The molecule has 3 aliphatic carbocycles. The van der Waals surface area contributed by atoms with Gasteiger partial charge in [0.1, 0.15) is 0 Å². The van der Waals surface area contributed by atoms with Gasteiger partial charge in [-0.1, -0.05) is 38.5 Å². The van der Waals surface area contributed by atoms with E-state index >= 15 is 0 Å². The van der Waals surface area contributed by atoms with Crippen molar-refractivity contribution in [1.29, 1.82) is 0 Å². The number of carboxylic acid groups (broad SMARTS) is 1. The van der Waals surface area contributed by atoms with Gasteiger partial charge >= 0.3 is 5.97 Å². The number of hydrogen-bond donors (Lipinski definition) is 2. The number of carboxylic acids is 1. The summed E-state index contributed by atoms with van der Waals surface area (Å²) in [7, 11) is 0. The van der Waals surface area contributed by atoms with Gasteiger partial charge in [-0.2, -0.15) is 0 Å². The standard InChI is InChI=1S/C21H32O3/c1-6-18(2)9-10-20(4)14(11-18)7-8-16-19(3,17(23)24)12-15(22)13-21(16,20)5/h6,11,15-16,22H,1,7-10,12-13H2,2-5H3,(H,23,24)/t15-,16+,18-,19-,20+,21+/m1/s1. The van der Waals surface area contributed by atoms with E-state index in [1.54, 1.807) is 0 Å². The number of aliphatic hydroxyl groups excluding tert-OH is 1. The zero-order valence-electron chi connectivity index (χ0n) is 15.6. The minimum atomic E-state index is -0.833. The Balaban J connectivity index is 2.11. The van der Waals surface area contributed by atoms with Gasteiger partial charge in [0.2, 0.25) is 0 Å². The predicted octanol–water partition coefficient (Wildman–Crippen LogP) is 4.57. The molecule has 3 nitrogen and oxygen atoms in total. The summed E-state index contributed by atoms with van der Waals surface area (Å²) >= 11 is 0. The van der Waals surface area contributed by atoms with Gasteiger partial charge in [-0.25, -0.2) is 0 Å². The molecule has 3 aliphatic rings. The van der Waals surface area contributed by atoms with Gasteiger partial charge in [-0.05, 0) is 62.2 Å². The van der Waals surface area contributed by atoms with Crippen molar-refractivity contribution in [2.75, 3.05) is 0 Å². The van der Waals surface area contributed by atoms with E-state index in [4.69, 9.17) is 0 Å². The van der Waals surface area contributed by atoms with E-state index in [9.17, 15) is 15.0 Å². The smallest absolute Gasteiger partial charge is 0.309 e. The topological polar surface area (TPSA) is 57.5 Å². The summed E-state index contributed by atoms with van der Waals surface area (Å²) < 4.78 is 0. The molecule has 0 aromatic rings. The third kappa shape index (κ3) is 2.16. The third-order valence-electron chi connectivity index (χ3n) is 8.15. The maximum atomic E-state index is 12.1. The number of aliphatic hydroxyl groups is 1. The van der Waals surface area contributed by atoms with Gasteiger partial charge in [0.05, 0.1) is 11.5 Å². The zero-order valence-corrected chi connectivity index (χ0v) is 15.6. The highest BCUT2D eigenvalue weighted by atomic mass is 16.4. The van der Waals surface area contributed by atoms with Gasteiger partial charge in [0.15, 0.2) is 0 Å². The van der Waals surface area contributed by atoms with Crippen LogP contribution in [0.5, 0.6) is 0 Å². The van der Waals surface area contributed by atoms with E-state index in [2.05, 4.69) is 33.4 Å². The number of aliphatic carboxylic acids is 1. The van der Waals surface area contributed by atoms with Crippen molar-refractivity contribution in [3.63, 3.8) is 0 Å². The summed E-state index contributed by atoms with van der Waals surface area (Å²) in [4.78, 5) is 12.1. The summed E-state index contributed by atoms with van der Waals surface area (Å²) in [6, 6.07) is 0. The average molecular weight is 332 g/mol. The van der Waals surface area contributed by atoms with Crippen LogP contribution in [-0.4, -0.2) is 22.3 Å². The van der Waals surface area contributed by atoms with Crippen LogP contribution < -0.4 is 0 Å². The minimum absolute atomic E-state index is 0.0312. The molecule has 6 atom stereocenters. The van der Waals surface area contributed by atoms with Crippen molar-refractivity contribution in [3.8, 4) is 0 Å². The van der Waals surface area contributed by atoms with Gasteiger partial charge in [0.25, 0.3) is 0 Å². The molecule has 0 bridgehead atoms. The van der Waals surface area contributed by atoms with E-state index < -0.39 is 17.5 Å². The molecule has 3 rings (SSSR count). The Hall–Kier alpha value is -1.09. The molecule has 0 aliphatic heterocycles. The van der Waals surface area contributed by atoms with Crippen LogP contribution in [0.4, 0.5) is 0 Å². The molecule has 0 heterocycles. The molecule has 2 fully saturated rings. The Morgan fingerprint density at radius 2 is 1.92 bits per heavy atom. The maximum absolute atomic E-state index is 12.1. The normalized spacial score (nSPS) is 51.1. The molecular weight excluding hydrogens is 300 g/mol. The fourth-order valence-corrected chi connectivity index (χ4v) is 6.29. The van der Waals surface area contributed by atoms with Crippen LogP contribution in [0, 0.1) is 27.6 Å². The van der Waals surface area contributed by atoms with Crippen molar-refractivity contribution in [3.05, 3.63) is 24.3 Å². The highest BCUT2D eigenvalue weighted by molar-refractivity contribution is 5.75. The third-order valence-corrected chi connectivity index (χ3v) is 8.15. The lowest BCUT2D eigenvalue weighted by molar-refractivity contribution is -0.183. The first kappa shape index (κ1) is 17.7. The van der Waals surface area contributed by atoms with Gasteiger partial charge in [-0.3, -0.25) is 4.79 Å². The molecule has 3 heteroatoms. The number of hydrogen-bond acceptors (Lipinski definition) is 2. The molecule has 2 N–H and O–H groups in total. The Morgan fingerprint density at radius 3 is 2.50 bits per heavy atom. The second-order valence-electron chi connectivity index (χ2n) is 9.51. The summed E-state index contributed by atoms with van der Waals surface area (Å²) in [5.41, 5.74) is 0.458. The van der Waals surface area contributed by atoms with E-state index in [1.807, 2.05) is 13.0 Å². The van der Waals surface area contributed by atoms with E-state index in [-0.39, 0.29) is 22.2 Å². The molecule has 0 radical (unpaired) electrons. The van der Waals surface area contributed by atoms with Crippen molar-refractivity contribution in [2.45, 2.75) is 72.3 Å². The highest BCUT2D eigenvalue weighted by Gasteiger charge is 2.64. The first-order chi connectivity index (χ1) is 11.0. The van der Waals surface area contributed by atoms with Crippen LogP contribution in [0.2, 0.25) is 0 Å². The molecule has 2 saturated carbocycles. The molecule has 0 saturated heterocycles. The Labute approximate surface area is 145 Å². The van der Waals surface area contributed by atoms with Crippen LogP contribution in [0.3, 0.4) is 0 Å². The molecule has 0 spiro atoms. The van der Waals surface area contributed by atoms with Gasteiger partial charge in [0, 0.05) is 5.41 Å². The van der Waals surface area contributed by atoms with Crippen LogP contribution in [0.1, 0.15) is 66.2 Å². The number of fused-ring (bicyclic) bond motifs is 3. The number of carbonyl (C=O) groups is 1. The molecule has 0 aromatic heterocycles. The monoisotopic (exact) mass is 332 g/mol. The van der Waals surface area contributed by atoms with Crippen molar-refractivity contribution in [2.24, 2.45) is 27.6 Å². The van der Waals surface area contributed by atoms with Crippen LogP contribution in [0.15, 0.2) is 24.3 Å². The lowest BCUT2D eigenvalue weighted by Gasteiger charge is -2.64. The van der Waals surface area contributed by atoms with E-state index in [0.717, 1.165) is 25.7 Å². The van der Waals surface area contributed by atoms with Gasteiger partial charge < -0.3 is 10.2 Å². The Kier molecular flexibility index (Phi) is 3.84. The summed E-state index contributed by atoms with van der Waals surface area (Å²) in [6.07, 6.45) is 8.95. The fourth-order valence-electron chi connectivity index (χ4n) is 6.29. The molecule has 0 amide bonds. The second kappa shape index (κ2) is 5.20. The first-order valence-electron chi connectivity index (χ1n) is 9.28. The average Bonchev–Trinajstić information content (AvgIpc) is 2.48. The van der Waals surface area contributed by atoms with Crippen LogP contribution in [0.25, 0.3) is 0 Å². The number of rotatable bonds is 2. The first-order valence-corrected chi connectivity index (χ1v) is 9.28. The van der Waals surface area contributed by atoms with Crippen molar-refractivity contribution < 1.29 is 15.0 Å². The summed E-state index contributed by atoms with van der Waals surface area (Å²) in [5, 5.41) is 20.5. The van der Waals surface area contributed by atoms with Crippen LogP contribution >= 0.6 is 0 Å². The Morgan fingerprint density at radius 1 is 1.25 bits per heavy atom. The van der Waals surface area contributed by atoms with E-state index in [1.165, 1.54) is 5.57 Å². The molecule has 0 unspecified atom stereocenters. The Bertz CT molecular complexity index is 608. The molecule has 134 valence electrons. The summed E-state index contributed by atoms with van der Waals surface area (Å²) in [6.45, 7) is 12.7. The maximum Gasteiger partial charge on any atom is 0.309 e. The van der Waals surface area contributed by atoms with Crippen molar-refractivity contribution >= 4 is 5.97 Å². The van der Waals surface area contributed by atoms with Crippen molar-refractivity contribution in [1.82, 2.24) is 0 Å². The molecular formula is C21H32O3. The molecule has 24 heavy (non-hydrogen) atoms. The zero-order chi connectivity index (χ0) is 18.0. The largest absolute Gasteiger partial charge is 0.481 e. The number of allylic oxidation sites excluding steroid dienone is 3. The molecule has 0 aromatic carbocycles. The van der Waals surface area contributed by atoms with E-state index in [0.29, 0.717) is 12.8 Å². The summed E-state index contributed by atoms with van der Waals surface area (Å²) in [5.74, 6) is -0.638. The predicted molar refractivity (Wildman–Crippen MR) is 95.5 cm³/mol. The fraction of sp³-hybridized carbons (Fsp3) is 0.762. The van der Waals surface area contributed by atoms with Gasteiger partial charge in [-0.15, -0.1) is 6.58 Å².